The van der Waals surface area contributed by atoms with Gasteiger partial charge in [-0.25, -0.2) is 12.8 Å². The molecule has 7 heteroatoms. The molecular weight excluding hydrogens is 247 g/mol. The summed E-state index contributed by atoms with van der Waals surface area (Å²) in [7, 11) is -3.99. The van der Waals surface area contributed by atoms with Gasteiger partial charge in [-0.05, 0) is 18.2 Å². The van der Waals surface area contributed by atoms with Gasteiger partial charge in [0.2, 0.25) is 5.91 Å². The van der Waals surface area contributed by atoms with Crippen LogP contribution in [0.5, 0.6) is 0 Å². The monoisotopic (exact) mass is 254 g/mol. The van der Waals surface area contributed by atoms with Gasteiger partial charge >= 0.3 is 0 Å². The van der Waals surface area contributed by atoms with E-state index in [-0.39, 0.29) is 10.6 Å². The van der Waals surface area contributed by atoms with E-state index in [9.17, 15) is 17.6 Å². The molecule has 1 N–H and O–H groups in total. The Bertz CT molecular complexity index is 633. The number of amides is 1. The second-order valence-electron chi connectivity index (χ2n) is 3.53. The Labute approximate surface area is 96.8 Å². The van der Waals surface area contributed by atoms with Crippen LogP contribution in [-0.2, 0) is 14.6 Å². The number of hydrogen-bond donors (Lipinski definition) is 1. The Morgan fingerprint density at radius 3 is 2.82 bits per heavy atom. The third-order valence-corrected chi connectivity index (χ3v) is 4.53. The second kappa shape index (κ2) is 3.82. The van der Waals surface area contributed by atoms with Gasteiger partial charge in [-0.15, -0.1) is 0 Å². The van der Waals surface area contributed by atoms with Gasteiger partial charge < -0.3 is 5.32 Å². The SMILES string of the molecule is N#CCC1C(=O)Nc2ccc(F)cc2S1(=O)=O. The van der Waals surface area contributed by atoms with Gasteiger partial charge in [-0.1, -0.05) is 0 Å². The molecule has 1 aliphatic rings. The van der Waals surface area contributed by atoms with Gasteiger partial charge in [0.25, 0.3) is 0 Å². The maximum atomic E-state index is 13.0. The molecule has 0 spiro atoms. The molecule has 1 unspecified atom stereocenters. The number of fused-ring (bicyclic) bond motifs is 1. The number of sulfone groups is 1. The van der Waals surface area contributed by atoms with Crippen molar-refractivity contribution in [1.82, 2.24) is 0 Å². The predicted molar refractivity (Wildman–Crippen MR) is 56.2 cm³/mol. The Balaban J connectivity index is 2.64. The summed E-state index contributed by atoms with van der Waals surface area (Å²) in [5.74, 6) is -1.47. The highest BCUT2D eigenvalue weighted by Crippen LogP contribution is 2.31. The molecule has 2 rings (SSSR count). The number of rotatable bonds is 1. The highest BCUT2D eigenvalue weighted by Gasteiger charge is 2.40. The highest BCUT2D eigenvalue weighted by molar-refractivity contribution is 7.93. The Kier molecular flexibility index (Phi) is 2.59. The first kappa shape index (κ1) is 11.5. The third kappa shape index (κ3) is 1.76. The van der Waals surface area contributed by atoms with Gasteiger partial charge in [0.05, 0.1) is 23.1 Å². The van der Waals surface area contributed by atoms with E-state index in [0.717, 1.165) is 12.1 Å². The van der Waals surface area contributed by atoms with E-state index in [2.05, 4.69) is 5.32 Å². The van der Waals surface area contributed by atoms with Gasteiger partial charge in [0.15, 0.2) is 15.1 Å². The fraction of sp³-hybridized carbons (Fsp3) is 0.200. The first-order valence-electron chi connectivity index (χ1n) is 4.68. The van der Waals surface area contributed by atoms with E-state index in [1.54, 1.807) is 6.07 Å². The van der Waals surface area contributed by atoms with Crippen molar-refractivity contribution >= 4 is 21.4 Å². The van der Waals surface area contributed by atoms with Crippen LogP contribution >= 0.6 is 0 Å². The molecule has 1 atom stereocenters. The zero-order valence-corrected chi connectivity index (χ0v) is 9.29. The Morgan fingerprint density at radius 1 is 1.47 bits per heavy atom. The summed E-state index contributed by atoms with van der Waals surface area (Å²) in [6.07, 6.45) is -0.454. The number of anilines is 1. The van der Waals surface area contributed by atoms with Crippen molar-refractivity contribution in [3.63, 3.8) is 0 Å². The van der Waals surface area contributed by atoms with Crippen molar-refractivity contribution in [3.05, 3.63) is 24.0 Å². The molecule has 0 bridgehead atoms. The summed E-state index contributed by atoms with van der Waals surface area (Å²) in [6.45, 7) is 0. The minimum Gasteiger partial charge on any atom is -0.324 e. The van der Waals surface area contributed by atoms with Crippen LogP contribution in [0, 0.1) is 17.1 Å². The molecule has 0 saturated heterocycles. The smallest absolute Gasteiger partial charge is 0.244 e. The van der Waals surface area contributed by atoms with E-state index in [0.29, 0.717) is 0 Å². The van der Waals surface area contributed by atoms with Crippen molar-refractivity contribution in [2.75, 3.05) is 5.32 Å². The maximum Gasteiger partial charge on any atom is 0.244 e. The lowest BCUT2D eigenvalue weighted by Gasteiger charge is -2.23. The van der Waals surface area contributed by atoms with Crippen molar-refractivity contribution in [2.45, 2.75) is 16.6 Å². The number of carbonyl (C=O) groups is 1. The van der Waals surface area contributed by atoms with E-state index in [1.165, 1.54) is 6.07 Å². The van der Waals surface area contributed by atoms with Crippen molar-refractivity contribution in [1.29, 1.82) is 5.26 Å². The van der Waals surface area contributed by atoms with Crippen LogP contribution < -0.4 is 5.32 Å². The highest BCUT2D eigenvalue weighted by atomic mass is 32.2. The third-order valence-electron chi connectivity index (χ3n) is 2.45. The van der Waals surface area contributed by atoms with Gasteiger partial charge in [0.1, 0.15) is 5.82 Å². The number of halogens is 1. The van der Waals surface area contributed by atoms with Crippen LogP contribution in [0.15, 0.2) is 23.1 Å². The van der Waals surface area contributed by atoms with Crippen LogP contribution in [0.4, 0.5) is 10.1 Å². The molecule has 1 aromatic rings. The molecule has 88 valence electrons. The number of nitrogens with zero attached hydrogens (tertiary/aromatic N) is 1. The Hall–Kier alpha value is -1.94. The van der Waals surface area contributed by atoms with E-state index in [1.807, 2.05) is 0 Å². The minimum atomic E-state index is -3.99. The average molecular weight is 254 g/mol. The first-order chi connectivity index (χ1) is 7.96. The van der Waals surface area contributed by atoms with Crippen LogP contribution in [-0.4, -0.2) is 19.6 Å². The summed E-state index contributed by atoms with van der Waals surface area (Å²) < 4.78 is 37.0. The molecule has 0 saturated carbocycles. The van der Waals surface area contributed by atoms with Crippen LogP contribution in [0.25, 0.3) is 0 Å². The van der Waals surface area contributed by atoms with E-state index < -0.39 is 33.2 Å². The number of benzene rings is 1. The fourth-order valence-corrected chi connectivity index (χ4v) is 3.27. The molecular formula is C10H7FN2O3S. The Morgan fingerprint density at radius 2 is 2.18 bits per heavy atom. The minimum absolute atomic E-state index is 0.0468. The largest absolute Gasteiger partial charge is 0.324 e. The molecule has 1 amide bonds. The molecule has 17 heavy (non-hydrogen) atoms. The molecule has 1 heterocycles. The summed E-state index contributed by atoms with van der Waals surface area (Å²) in [6, 6.07) is 4.71. The zero-order chi connectivity index (χ0) is 12.6. The number of nitriles is 1. The molecule has 0 radical (unpaired) electrons. The van der Waals surface area contributed by atoms with Gasteiger partial charge in [-0.2, -0.15) is 5.26 Å². The topological polar surface area (TPSA) is 87.0 Å². The zero-order valence-electron chi connectivity index (χ0n) is 8.47. The lowest BCUT2D eigenvalue weighted by atomic mass is 10.2. The summed E-state index contributed by atoms with van der Waals surface area (Å²) in [5, 5.41) is 9.37. The summed E-state index contributed by atoms with van der Waals surface area (Å²) in [5.41, 5.74) is 0.0468. The molecule has 0 fully saturated rings. The molecule has 0 aliphatic carbocycles. The average Bonchev–Trinajstić information content (AvgIpc) is 2.26. The first-order valence-corrected chi connectivity index (χ1v) is 6.22. The number of nitrogens with one attached hydrogen (secondary N) is 1. The van der Waals surface area contributed by atoms with Crippen molar-refractivity contribution in [2.24, 2.45) is 0 Å². The standard InChI is InChI=1S/C10H7FN2O3S/c11-6-1-2-7-9(5-6)17(15,16)8(3-4-12)10(14)13-7/h1-2,5,8H,3H2,(H,13,14). The van der Waals surface area contributed by atoms with Gasteiger partial charge in [0, 0.05) is 0 Å². The lowest BCUT2D eigenvalue weighted by molar-refractivity contribution is -0.115. The quantitative estimate of drug-likeness (QED) is 0.804. The van der Waals surface area contributed by atoms with Gasteiger partial charge in [-0.3, -0.25) is 4.79 Å². The van der Waals surface area contributed by atoms with Crippen molar-refractivity contribution < 1.29 is 17.6 Å². The normalized spacial score (nSPS) is 21.2. The van der Waals surface area contributed by atoms with Crippen LogP contribution in [0.1, 0.15) is 6.42 Å². The fourth-order valence-electron chi connectivity index (χ4n) is 1.63. The van der Waals surface area contributed by atoms with Crippen LogP contribution in [0.2, 0.25) is 0 Å². The lowest BCUT2D eigenvalue weighted by Crippen LogP contribution is -2.39. The summed E-state index contributed by atoms with van der Waals surface area (Å²) in [4.78, 5) is 11.2. The number of carbonyl (C=O) groups excluding carboxylic acids is 1. The van der Waals surface area contributed by atoms with E-state index in [4.69, 9.17) is 5.26 Å². The molecule has 5 nitrogen and oxygen atoms in total. The molecule has 0 aromatic heterocycles. The molecule has 1 aromatic carbocycles. The van der Waals surface area contributed by atoms with Crippen LogP contribution in [0.3, 0.4) is 0 Å². The maximum absolute atomic E-state index is 13.0. The molecule has 1 aliphatic heterocycles. The predicted octanol–water partition coefficient (Wildman–Crippen LogP) is 0.834. The number of hydrogen-bond acceptors (Lipinski definition) is 4. The van der Waals surface area contributed by atoms with E-state index >= 15 is 0 Å². The van der Waals surface area contributed by atoms with Crippen molar-refractivity contribution in [3.8, 4) is 6.07 Å². The second-order valence-corrected chi connectivity index (χ2v) is 5.62. The summed E-state index contributed by atoms with van der Waals surface area (Å²) >= 11 is 0.